The fourth-order valence-corrected chi connectivity index (χ4v) is 3.13. The Labute approximate surface area is 168 Å². The Morgan fingerprint density at radius 2 is 1.97 bits per heavy atom. The molecule has 3 rings (SSSR count). The third kappa shape index (κ3) is 4.74. The van der Waals surface area contributed by atoms with E-state index in [-0.39, 0.29) is 18.9 Å². The summed E-state index contributed by atoms with van der Waals surface area (Å²) in [4.78, 5) is 24.0. The summed E-state index contributed by atoms with van der Waals surface area (Å²) in [5, 5.41) is 12.2. The van der Waals surface area contributed by atoms with Crippen LogP contribution < -0.4 is 10.1 Å². The number of nitriles is 1. The van der Waals surface area contributed by atoms with Gasteiger partial charge in [0.2, 0.25) is 5.91 Å². The van der Waals surface area contributed by atoms with Crippen molar-refractivity contribution >= 4 is 17.4 Å². The van der Waals surface area contributed by atoms with Crippen molar-refractivity contribution in [3.63, 3.8) is 0 Å². The van der Waals surface area contributed by atoms with Crippen molar-refractivity contribution in [3.05, 3.63) is 71.5 Å². The van der Waals surface area contributed by atoms with E-state index in [9.17, 15) is 14.9 Å². The standard InChI is InChI=1S/C22H21N3O4/c1-15(26)24-20(16-6-8-18(28-2)9-7-16)11-22(27)29-14-17-13-25-10-4-3-5-21(25)19(17)12-23/h3-10,13,20H,11,14H2,1-2H3,(H,24,26)/t20-/m1/s1. The Morgan fingerprint density at radius 1 is 1.21 bits per heavy atom. The van der Waals surface area contributed by atoms with Crippen LogP contribution in [0.25, 0.3) is 5.52 Å². The lowest BCUT2D eigenvalue weighted by molar-refractivity contribution is -0.145. The van der Waals surface area contributed by atoms with Gasteiger partial charge in [-0.2, -0.15) is 5.26 Å². The number of amides is 1. The molecule has 0 fully saturated rings. The van der Waals surface area contributed by atoms with Gasteiger partial charge < -0.3 is 19.2 Å². The average molecular weight is 391 g/mol. The van der Waals surface area contributed by atoms with Crippen LogP contribution in [0.4, 0.5) is 0 Å². The van der Waals surface area contributed by atoms with E-state index < -0.39 is 12.0 Å². The number of nitrogens with zero attached hydrogens (tertiary/aromatic N) is 2. The first-order valence-corrected chi connectivity index (χ1v) is 9.07. The monoisotopic (exact) mass is 391 g/mol. The van der Waals surface area contributed by atoms with Gasteiger partial charge in [-0.3, -0.25) is 9.59 Å². The summed E-state index contributed by atoms with van der Waals surface area (Å²) in [5.41, 5.74) is 2.64. The van der Waals surface area contributed by atoms with Gasteiger partial charge in [0.1, 0.15) is 18.4 Å². The number of hydrogen-bond acceptors (Lipinski definition) is 5. The highest BCUT2D eigenvalue weighted by atomic mass is 16.5. The van der Waals surface area contributed by atoms with Crippen molar-refractivity contribution in [2.75, 3.05) is 7.11 Å². The molecule has 7 heteroatoms. The van der Waals surface area contributed by atoms with Crippen LogP contribution in [0.15, 0.2) is 54.9 Å². The van der Waals surface area contributed by atoms with E-state index in [4.69, 9.17) is 9.47 Å². The zero-order valence-corrected chi connectivity index (χ0v) is 16.2. The van der Waals surface area contributed by atoms with Gasteiger partial charge in [0.25, 0.3) is 0 Å². The summed E-state index contributed by atoms with van der Waals surface area (Å²) < 4.78 is 12.4. The van der Waals surface area contributed by atoms with Crippen LogP contribution in [0.5, 0.6) is 5.75 Å². The van der Waals surface area contributed by atoms with Crippen molar-refractivity contribution in [3.8, 4) is 11.8 Å². The van der Waals surface area contributed by atoms with E-state index in [0.29, 0.717) is 16.9 Å². The number of benzene rings is 1. The molecule has 3 aromatic rings. The molecule has 0 aliphatic rings. The van der Waals surface area contributed by atoms with Gasteiger partial charge >= 0.3 is 5.97 Å². The molecule has 0 spiro atoms. The largest absolute Gasteiger partial charge is 0.497 e. The van der Waals surface area contributed by atoms with Gasteiger partial charge in [0.05, 0.1) is 30.7 Å². The molecule has 0 bridgehead atoms. The van der Waals surface area contributed by atoms with Crippen LogP contribution in [-0.2, 0) is 20.9 Å². The molecule has 0 radical (unpaired) electrons. The van der Waals surface area contributed by atoms with Gasteiger partial charge in [-0.15, -0.1) is 0 Å². The number of carbonyl (C=O) groups excluding carboxylic acids is 2. The fraction of sp³-hybridized carbons (Fsp3) is 0.227. The summed E-state index contributed by atoms with van der Waals surface area (Å²) in [6.07, 6.45) is 3.58. The predicted molar refractivity (Wildman–Crippen MR) is 106 cm³/mol. The third-order valence-corrected chi connectivity index (χ3v) is 4.53. The smallest absolute Gasteiger partial charge is 0.308 e. The molecule has 7 nitrogen and oxygen atoms in total. The first kappa shape index (κ1) is 20.0. The number of aromatic nitrogens is 1. The molecule has 0 saturated heterocycles. The zero-order valence-electron chi connectivity index (χ0n) is 16.2. The number of hydrogen-bond donors (Lipinski definition) is 1. The van der Waals surface area contributed by atoms with Crippen molar-refractivity contribution < 1.29 is 19.1 Å². The van der Waals surface area contributed by atoms with Crippen LogP contribution >= 0.6 is 0 Å². The Morgan fingerprint density at radius 3 is 2.62 bits per heavy atom. The summed E-state index contributed by atoms with van der Waals surface area (Å²) in [6, 6.07) is 14.3. The average Bonchev–Trinajstić information content (AvgIpc) is 3.09. The summed E-state index contributed by atoms with van der Waals surface area (Å²) >= 11 is 0. The summed E-state index contributed by atoms with van der Waals surface area (Å²) in [6.45, 7) is 1.38. The van der Waals surface area contributed by atoms with Gasteiger partial charge in [-0.1, -0.05) is 18.2 Å². The van der Waals surface area contributed by atoms with Crippen LogP contribution in [0, 0.1) is 11.3 Å². The van der Waals surface area contributed by atoms with E-state index in [1.165, 1.54) is 6.92 Å². The number of carbonyl (C=O) groups is 2. The number of pyridine rings is 1. The van der Waals surface area contributed by atoms with Crippen molar-refractivity contribution in [1.82, 2.24) is 9.72 Å². The van der Waals surface area contributed by atoms with Crippen LogP contribution in [0.1, 0.15) is 36.1 Å². The highest BCUT2D eigenvalue weighted by molar-refractivity contribution is 5.76. The highest BCUT2D eigenvalue weighted by Crippen LogP contribution is 2.22. The highest BCUT2D eigenvalue weighted by Gasteiger charge is 2.19. The Bertz CT molecular complexity index is 1060. The second-order valence-corrected chi connectivity index (χ2v) is 6.53. The molecule has 29 heavy (non-hydrogen) atoms. The minimum absolute atomic E-state index is 0.0151. The molecule has 1 aromatic carbocycles. The molecule has 1 N–H and O–H groups in total. The number of fused-ring (bicyclic) bond motifs is 1. The number of methoxy groups -OCH3 is 1. The van der Waals surface area contributed by atoms with Gasteiger partial charge in [-0.05, 0) is 29.8 Å². The molecule has 1 amide bonds. The topological polar surface area (TPSA) is 92.8 Å². The molecule has 148 valence electrons. The molecule has 0 aliphatic carbocycles. The van der Waals surface area contributed by atoms with Crippen LogP contribution in [0.2, 0.25) is 0 Å². The summed E-state index contributed by atoms with van der Waals surface area (Å²) in [5.74, 6) is -0.0366. The quantitative estimate of drug-likeness (QED) is 0.625. The van der Waals surface area contributed by atoms with E-state index in [1.54, 1.807) is 37.6 Å². The second kappa shape index (κ2) is 8.93. The minimum atomic E-state index is -0.519. The van der Waals surface area contributed by atoms with Crippen molar-refractivity contribution in [1.29, 1.82) is 5.26 Å². The van der Waals surface area contributed by atoms with Crippen LogP contribution in [-0.4, -0.2) is 23.4 Å². The Hall–Kier alpha value is -3.79. The maximum Gasteiger partial charge on any atom is 0.308 e. The van der Waals surface area contributed by atoms with E-state index in [0.717, 1.165) is 11.1 Å². The normalized spacial score (nSPS) is 11.5. The van der Waals surface area contributed by atoms with E-state index in [2.05, 4.69) is 11.4 Å². The molecule has 2 heterocycles. The predicted octanol–water partition coefficient (Wildman–Crippen LogP) is 3.13. The van der Waals surface area contributed by atoms with Gasteiger partial charge in [-0.25, -0.2) is 0 Å². The lowest BCUT2D eigenvalue weighted by atomic mass is 10.0. The SMILES string of the molecule is COc1ccc([C@@H](CC(=O)OCc2cn3ccccc3c2C#N)NC(C)=O)cc1. The number of ether oxygens (including phenoxy) is 2. The maximum absolute atomic E-state index is 12.4. The van der Waals surface area contributed by atoms with E-state index >= 15 is 0 Å². The maximum atomic E-state index is 12.4. The lowest BCUT2D eigenvalue weighted by Gasteiger charge is -2.18. The molecule has 0 aliphatic heterocycles. The second-order valence-electron chi connectivity index (χ2n) is 6.53. The zero-order chi connectivity index (χ0) is 20.8. The lowest BCUT2D eigenvalue weighted by Crippen LogP contribution is -2.28. The van der Waals surface area contributed by atoms with Gasteiger partial charge in [0.15, 0.2) is 0 Å². The fourth-order valence-electron chi connectivity index (χ4n) is 3.13. The minimum Gasteiger partial charge on any atom is -0.497 e. The number of rotatable bonds is 7. The third-order valence-electron chi connectivity index (χ3n) is 4.53. The first-order chi connectivity index (χ1) is 14.0. The summed E-state index contributed by atoms with van der Waals surface area (Å²) in [7, 11) is 1.57. The van der Waals surface area contributed by atoms with Crippen molar-refractivity contribution in [2.45, 2.75) is 26.0 Å². The number of nitrogens with one attached hydrogen (secondary N) is 1. The molecule has 2 aromatic heterocycles. The molecule has 0 saturated carbocycles. The van der Waals surface area contributed by atoms with E-state index in [1.807, 2.05) is 28.8 Å². The Kier molecular flexibility index (Phi) is 6.15. The molecule has 1 atom stereocenters. The van der Waals surface area contributed by atoms with Crippen LogP contribution in [0.3, 0.4) is 0 Å². The van der Waals surface area contributed by atoms with Crippen molar-refractivity contribution in [2.24, 2.45) is 0 Å². The number of esters is 1. The molecular formula is C22H21N3O4. The first-order valence-electron chi connectivity index (χ1n) is 9.07. The molecular weight excluding hydrogens is 370 g/mol. The molecule has 0 unspecified atom stereocenters. The van der Waals surface area contributed by atoms with Gasteiger partial charge in [0, 0.05) is 24.9 Å². The Balaban J connectivity index is 1.70.